The monoisotopic (exact) mass is 291 g/mol. The molecule has 0 aliphatic heterocycles. The van der Waals surface area contributed by atoms with Gasteiger partial charge in [-0.3, -0.25) is 4.79 Å². The number of carbonyl (C=O) groups is 1. The lowest BCUT2D eigenvalue weighted by Gasteiger charge is -2.26. The van der Waals surface area contributed by atoms with E-state index in [0.29, 0.717) is 6.42 Å². The van der Waals surface area contributed by atoms with Crippen molar-refractivity contribution < 1.29 is 9.90 Å². The number of phenols is 1. The number of rotatable bonds is 9. The summed E-state index contributed by atoms with van der Waals surface area (Å²) in [5.74, 6) is 0.408. The highest BCUT2D eigenvalue weighted by atomic mass is 16.3. The first kappa shape index (κ1) is 17.5. The lowest BCUT2D eigenvalue weighted by molar-refractivity contribution is -0.131. The van der Waals surface area contributed by atoms with Gasteiger partial charge in [0.2, 0.25) is 5.91 Å². The third-order valence-corrected chi connectivity index (χ3v) is 4.11. The second-order valence-electron chi connectivity index (χ2n) is 5.76. The van der Waals surface area contributed by atoms with Gasteiger partial charge in [-0.15, -0.1) is 0 Å². The smallest absolute Gasteiger partial charge is 0.222 e. The summed E-state index contributed by atoms with van der Waals surface area (Å²) >= 11 is 0. The molecular weight excluding hydrogens is 262 g/mol. The fourth-order valence-electron chi connectivity index (χ4n) is 2.50. The van der Waals surface area contributed by atoms with Crippen LogP contribution >= 0.6 is 0 Å². The Hall–Kier alpha value is -1.51. The minimum Gasteiger partial charge on any atom is -0.508 e. The predicted octanol–water partition coefficient (Wildman–Crippen LogP) is 4.66. The van der Waals surface area contributed by atoms with Gasteiger partial charge in [0.05, 0.1) is 6.04 Å². The fourth-order valence-corrected chi connectivity index (χ4v) is 2.50. The molecule has 1 amide bonds. The maximum atomic E-state index is 12.2. The van der Waals surface area contributed by atoms with Crippen LogP contribution in [0.25, 0.3) is 0 Å². The van der Waals surface area contributed by atoms with Crippen molar-refractivity contribution in [1.82, 2.24) is 4.90 Å². The van der Waals surface area contributed by atoms with E-state index < -0.39 is 0 Å². The molecule has 1 unspecified atom stereocenters. The van der Waals surface area contributed by atoms with E-state index in [-0.39, 0.29) is 17.7 Å². The highest BCUT2D eigenvalue weighted by molar-refractivity contribution is 5.76. The lowest BCUT2D eigenvalue weighted by atomic mass is 10.0. The van der Waals surface area contributed by atoms with Gasteiger partial charge < -0.3 is 10.0 Å². The molecule has 1 N–H and O–H groups in total. The Kier molecular flexibility index (Phi) is 7.88. The van der Waals surface area contributed by atoms with Crippen molar-refractivity contribution in [3.05, 3.63) is 29.8 Å². The first-order valence-corrected chi connectivity index (χ1v) is 8.11. The van der Waals surface area contributed by atoms with E-state index in [1.807, 2.05) is 26.1 Å². The van der Waals surface area contributed by atoms with E-state index in [4.69, 9.17) is 0 Å². The van der Waals surface area contributed by atoms with Crippen molar-refractivity contribution in [2.24, 2.45) is 0 Å². The summed E-state index contributed by atoms with van der Waals surface area (Å²) < 4.78 is 0. The fraction of sp³-hybridized carbons (Fsp3) is 0.611. The molecule has 0 saturated carbocycles. The molecule has 0 bridgehead atoms. The SMILES string of the molecule is CCCCCCCCC(=O)N(C)C(C)c1ccccc1O. The van der Waals surface area contributed by atoms with Gasteiger partial charge >= 0.3 is 0 Å². The third-order valence-electron chi connectivity index (χ3n) is 4.11. The van der Waals surface area contributed by atoms with Crippen molar-refractivity contribution >= 4 is 5.91 Å². The van der Waals surface area contributed by atoms with Gasteiger partial charge in [-0.2, -0.15) is 0 Å². The molecule has 21 heavy (non-hydrogen) atoms. The number of para-hydroxylation sites is 1. The Morgan fingerprint density at radius 3 is 2.43 bits per heavy atom. The number of aromatic hydroxyl groups is 1. The standard InChI is InChI=1S/C18H29NO2/c1-4-5-6-7-8-9-14-18(21)19(3)15(2)16-12-10-11-13-17(16)20/h10-13,15,20H,4-9,14H2,1-3H3. The molecule has 0 radical (unpaired) electrons. The van der Waals surface area contributed by atoms with Gasteiger partial charge in [-0.1, -0.05) is 57.2 Å². The second kappa shape index (κ2) is 9.43. The van der Waals surface area contributed by atoms with Gasteiger partial charge in [-0.05, 0) is 19.4 Å². The first-order valence-electron chi connectivity index (χ1n) is 8.11. The van der Waals surface area contributed by atoms with Crippen LogP contribution in [-0.4, -0.2) is 23.0 Å². The zero-order valence-electron chi connectivity index (χ0n) is 13.6. The van der Waals surface area contributed by atoms with Crippen LogP contribution in [-0.2, 0) is 4.79 Å². The molecule has 0 fully saturated rings. The van der Waals surface area contributed by atoms with Crippen molar-refractivity contribution in [2.45, 2.75) is 64.8 Å². The molecule has 0 aliphatic rings. The van der Waals surface area contributed by atoms with Crippen LogP contribution < -0.4 is 0 Å². The molecule has 0 saturated heterocycles. The predicted molar refractivity (Wildman–Crippen MR) is 87.3 cm³/mol. The van der Waals surface area contributed by atoms with Gasteiger partial charge in [0.15, 0.2) is 0 Å². The molecule has 3 heteroatoms. The molecule has 1 rings (SSSR count). The maximum absolute atomic E-state index is 12.2. The van der Waals surface area contributed by atoms with E-state index in [1.54, 1.807) is 17.0 Å². The number of amides is 1. The number of hydrogen-bond donors (Lipinski definition) is 1. The summed E-state index contributed by atoms with van der Waals surface area (Å²) in [5.41, 5.74) is 0.802. The second-order valence-corrected chi connectivity index (χ2v) is 5.76. The average Bonchev–Trinajstić information content (AvgIpc) is 2.49. The van der Waals surface area contributed by atoms with Gasteiger partial charge in [-0.25, -0.2) is 0 Å². The number of benzene rings is 1. The summed E-state index contributed by atoms with van der Waals surface area (Å²) in [4.78, 5) is 13.9. The van der Waals surface area contributed by atoms with Crippen LogP contribution in [0.2, 0.25) is 0 Å². The van der Waals surface area contributed by atoms with Crippen LogP contribution in [0, 0.1) is 0 Å². The van der Waals surface area contributed by atoms with E-state index in [2.05, 4.69) is 6.92 Å². The summed E-state index contributed by atoms with van der Waals surface area (Å²) in [6.45, 7) is 4.16. The summed E-state index contributed by atoms with van der Waals surface area (Å²) in [7, 11) is 1.82. The highest BCUT2D eigenvalue weighted by Gasteiger charge is 2.19. The van der Waals surface area contributed by atoms with Crippen LogP contribution in [0.15, 0.2) is 24.3 Å². The van der Waals surface area contributed by atoms with E-state index in [9.17, 15) is 9.90 Å². The van der Waals surface area contributed by atoms with Crippen LogP contribution in [0.4, 0.5) is 0 Å². The summed E-state index contributed by atoms with van der Waals surface area (Å²) in [6.07, 6.45) is 7.72. The number of unbranched alkanes of at least 4 members (excludes halogenated alkanes) is 5. The van der Waals surface area contributed by atoms with Crippen molar-refractivity contribution in [3.63, 3.8) is 0 Å². The molecule has 0 aliphatic carbocycles. The molecule has 3 nitrogen and oxygen atoms in total. The van der Waals surface area contributed by atoms with E-state index >= 15 is 0 Å². The molecule has 0 aromatic heterocycles. The van der Waals surface area contributed by atoms with Gasteiger partial charge in [0, 0.05) is 19.0 Å². The highest BCUT2D eigenvalue weighted by Crippen LogP contribution is 2.27. The van der Waals surface area contributed by atoms with E-state index in [1.165, 1.54) is 25.7 Å². The number of phenolic OH excluding ortho intramolecular Hbond substituents is 1. The first-order chi connectivity index (χ1) is 10.1. The minimum absolute atomic E-state index is 0.0983. The Morgan fingerprint density at radius 2 is 1.76 bits per heavy atom. The maximum Gasteiger partial charge on any atom is 0.222 e. The molecular formula is C18H29NO2. The molecule has 1 aromatic rings. The van der Waals surface area contributed by atoms with Crippen molar-refractivity contribution in [3.8, 4) is 5.75 Å². The quantitative estimate of drug-likeness (QED) is 0.672. The number of carbonyl (C=O) groups excluding carboxylic acids is 1. The van der Waals surface area contributed by atoms with Gasteiger partial charge in [0.1, 0.15) is 5.75 Å². The van der Waals surface area contributed by atoms with Crippen LogP contribution in [0.3, 0.4) is 0 Å². The minimum atomic E-state index is -0.0983. The molecule has 1 aromatic carbocycles. The summed E-state index contributed by atoms with van der Waals surface area (Å²) in [5, 5.41) is 9.87. The van der Waals surface area contributed by atoms with E-state index in [0.717, 1.165) is 18.4 Å². The Bertz CT molecular complexity index is 431. The zero-order valence-corrected chi connectivity index (χ0v) is 13.6. The third kappa shape index (κ3) is 5.78. The van der Waals surface area contributed by atoms with Crippen molar-refractivity contribution in [1.29, 1.82) is 0 Å². The molecule has 0 heterocycles. The number of nitrogens with zero attached hydrogens (tertiary/aromatic N) is 1. The van der Waals surface area contributed by atoms with Crippen molar-refractivity contribution in [2.75, 3.05) is 7.05 Å². The Balaban J connectivity index is 2.38. The van der Waals surface area contributed by atoms with Crippen LogP contribution in [0.1, 0.15) is 70.4 Å². The molecule has 118 valence electrons. The topological polar surface area (TPSA) is 40.5 Å². The Labute approximate surface area is 129 Å². The summed E-state index contributed by atoms with van der Waals surface area (Å²) in [6, 6.07) is 7.12. The zero-order chi connectivity index (χ0) is 15.7. The molecule has 0 spiro atoms. The largest absolute Gasteiger partial charge is 0.508 e. The normalized spacial score (nSPS) is 12.1. The van der Waals surface area contributed by atoms with Gasteiger partial charge in [0.25, 0.3) is 0 Å². The molecule has 1 atom stereocenters. The Morgan fingerprint density at radius 1 is 1.14 bits per heavy atom. The van der Waals surface area contributed by atoms with Crippen LogP contribution in [0.5, 0.6) is 5.75 Å². The lowest BCUT2D eigenvalue weighted by Crippen LogP contribution is -2.29. The number of hydrogen-bond acceptors (Lipinski definition) is 2. The average molecular weight is 291 g/mol.